The van der Waals surface area contributed by atoms with Crippen molar-refractivity contribution in [3.63, 3.8) is 0 Å². The maximum atomic E-state index is 4.54. The third-order valence-electron chi connectivity index (χ3n) is 3.07. The van der Waals surface area contributed by atoms with Crippen molar-refractivity contribution in [1.29, 1.82) is 0 Å². The largest absolute Gasteiger partial charge is 0.263 e. The maximum absolute atomic E-state index is 4.54. The Balaban J connectivity index is 2.08. The summed E-state index contributed by atoms with van der Waals surface area (Å²) in [4.78, 5) is 4.54. The minimum absolute atomic E-state index is 0.491. The molecule has 1 atom stereocenters. The van der Waals surface area contributed by atoms with Crippen LogP contribution in [0.4, 0.5) is 0 Å². The second-order valence-corrected chi connectivity index (χ2v) is 4.02. The summed E-state index contributed by atoms with van der Waals surface area (Å²) >= 11 is 0. The van der Waals surface area contributed by atoms with Crippen LogP contribution in [-0.4, -0.2) is 15.2 Å². The molecule has 0 saturated heterocycles. The molecule has 1 N–H and O–H groups in total. The number of hydrogen-bond donors (Lipinski definition) is 1. The van der Waals surface area contributed by atoms with Gasteiger partial charge in [-0.25, -0.2) is 4.98 Å². The lowest BCUT2D eigenvalue weighted by Crippen LogP contribution is -2.10. The van der Waals surface area contributed by atoms with Gasteiger partial charge in [-0.1, -0.05) is 20.3 Å². The molecule has 0 aliphatic heterocycles. The Morgan fingerprint density at radius 1 is 1.54 bits per heavy atom. The van der Waals surface area contributed by atoms with E-state index in [1.807, 2.05) is 0 Å². The molecule has 72 valence electrons. The van der Waals surface area contributed by atoms with E-state index in [1.54, 1.807) is 0 Å². The lowest BCUT2D eigenvalue weighted by molar-refractivity contribution is 0.402. The van der Waals surface area contributed by atoms with Crippen molar-refractivity contribution in [3.05, 3.63) is 11.6 Å². The zero-order chi connectivity index (χ0) is 9.26. The van der Waals surface area contributed by atoms with E-state index in [0.717, 1.165) is 18.1 Å². The maximum Gasteiger partial charge on any atom is 0.153 e. The first kappa shape index (κ1) is 8.73. The molecule has 0 radical (unpaired) electrons. The predicted octanol–water partition coefficient (Wildman–Crippen LogP) is 2.59. The van der Waals surface area contributed by atoms with Gasteiger partial charge in [0.05, 0.1) is 0 Å². The van der Waals surface area contributed by atoms with Crippen LogP contribution in [0.25, 0.3) is 0 Å². The van der Waals surface area contributed by atoms with Gasteiger partial charge in [-0.3, -0.25) is 5.10 Å². The average Bonchev–Trinajstić information content (AvgIpc) is 2.49. The van der Waals surface area contributed by atoms with Crippen LogP contribution in [0.1, 0.15) is 63.0 Å². The summed E-state index contributed by atoms with van der Waals surface area (Å²) in [6.45, 7) is 4.35. The van der Waals surface area contributed by atoms with Gasteiger partial charge >= 0.3 is 0 Å². The second-order valence-electron chi connectivity index (χ2n) is 4.02. The van der Waals surface area contributed by atoms with Gasteiger partial charge < -0.3 is 0 Å². The summed E-state index contributed by atoms with van der Waals surface area (Å²) in [5, 5.41) is 7.32. The van der Waals surface area contributed by atoms with Gasteiger partial charge in [-0.2, -0.15) is 5.10 Å². The molecule has 0 amide bonds. The van der Waals surface area contributed by atoms with Gasteiger partial charge in [0, 0.05) is 11.8 Å². The summed E-state index contributed by atoms with van der Waals surface area (Å²) in [5.74, 6) is 3.27. The van der Waals surface area contributed by atoms with E-state index in [0.29, 0.717) is 11.8 Å². The first-order valence-corrected chi connectivity index (χ1v) is 5.23. The summed E-state index contributed by atoms with van der Waals surface area (Å²) < 4.78 is 0. The molecule has 1 aromatic heterocycles. The SMILES string of the molecule is CCC(C)c1n[nH]c(C2CCC2)n1. The number of hydrogen-bond acceptors (Lipinski definition) is 2. The Bertz CT molecular complexity index is 256. The first-order chi connectivity index (χ1) is 6.31. The van der Waals surface area contributed by atoms with Gasteiger partial charge in [-0.15, -0.1) is 0 Å². The Morgan fingerprint density at radius 2 is 2.31 bits per heavy atom. The van der Waals surface area contributed by atoms with Gasteiger partial charge in [0.25, 0.3) is 0 Å². The molecule has 1 aliphatic rings. The molecule has 13 heavy (non-hydrogen) atoms. The molecule has 3 nitrogen and oxygen atoms in total. The van der Waals surface area contributed by atoms with Crippen LogP contribution in [0, 0.1) is 0 Å². The van der Waals surface area contributed by atoms with Crippen molar-refractivity contribution < 1.29 is 0 Å². The zero-order valence-electron chi connectivity index (χ0n) is 8.38. The van der Waals surface area contributed by atoms with Crippen LogP contribution in [0.5, 0.6) is 0 Å². The lowest BCUT2D eigenvalue weighted by Gasteiger charge is -2.22. The third-order valence-corrected chi connectivity index (χ3v) is 3.07. The highest BCUT2D eigenvalue weighted by atomic mass is 15.2. The smallest absolute Gasteiger partial charge is 0.153 e. The van der Waals surface area contributed by atoms with Crippen molar-refractivity contribution >= 4 is 0 Å². The number of rotatable bonds is 3. The van der Waals surface area contributed by atoms with Crippen molar-refractivity contribution in [2.24, 2.45) is 0 Å². The normalized spacial score (nSPS) is 19.8. The van der Waals surface area contributed by atoms with E-state index in [2.05, 4.69) is 29.0 Å². The molecule has 1 fully saturated rings. The van der Waals surface area contributed by atoms with Gasteiger partial charge in [0.15, 0.2) is 5.82 Å². The molecule has 1 saturated carbocycles. The lowest BCUT2D eigenvalue weighted by atomic mass is 9.85. The van der Waals surface area contributed by atoms with E-state index < -0.39 is 0 Å². The summed E-state index contributed by atoms with van der Waals surface area (Å²) in [6.07, 6.45) is 5.04. The van der Waals surface area contributed by atoms with E-state index >= 15 is 0 Å². The highest BCUT2D eigenvalue weighted by Crippen LogP contribution is 2.34. The molecular formula is C10H17N3. The molecule has 0 spiro atoms. The quantitative estimate of drug-likeness (QED) is 0.774. The van der Waals surface area contributed by atoms with Crippen LogP contribution in [0.15, 0.2) is 0 Å². The Hall–Kier alpha value is -0.860. The molecule has 3 heteroatoms. The van der Waals surface area contributed by atoms with E-state index in [4.69, 9.17) is 0 Å². The van der Waals surface area contributed by atoms with Crippen molar-refractivity contribution in [2.45, 2.75) is 51.4 Å². The summed E-state index contributed by atoms with van der Waals surface area (Å²) in [7, 11) is 0. The second kappa shape index (κ2) is 3.48. The fourth-order valence-electron chi connectivity index (χ4n) is 1.56. The van der Waals surface area contributed by atoms with Crippen molar-refractivity contribution in [3.8, 4) is 0 Å². The van der Waals surface area contributed by atoms with Gasteiger partial charge in [-0.05, 0) is 19.3 Å². The Kier molecular flexibility index (Phi) is 2.34. The Morgan fingerprint density at radius 3 is 2.85 bits per heavy atom. The number of aromatic amines is 1. The van der Waals surface area contributed by atoms with Crippen molar-refractivity contribution in [2.75, 3.05) is 0 Å². The van der Waals surface area contributed by atoms with Crippen LogP contribution >= 0.6 is 0 Å². The number of aromatic nitrogens is 3. The molecule has 1 aromatic rings. The fourth-order valence-corrected chi connectivity index (χ4v) is 1.56. The molecule has 0 aromatic carbocycles. The third kappa shape index (κ3) is 1.60. The standard InChI is InChI=1S/C10H17N3/c1-3-7(2)9-11-10(13-12-9)8-5-4-6-8/h7-8H,3-6H2,1-2H3,(H,11,12,13). The van der Waals surface area contributed by atoms with Crippen LogP contribution < -0.4 is 0 Å². The monoisotopic (exact) mass is 179 g/mol. The zero-order valence-corrected chi connectivity index (χ0v) is 8.38. The first-order valence-electron chi connectivity index (χ1n) is 5.23. The molecule has 1 aliphatic carbocycles. The number of nitrogens with one attached hydrogen (secondary N) is 1. The molecule has 0 bridgehead atoms. The minimum Gasteiger partial charge on any atom is -0.263 e. The van der Waals surface area contributed by atoms with Gasteiger partial charge in [0.1, 0.15) is 5.82 Å². The van der Waals surface area contributed by atoms with Crippen LogP contribution in [-0.2, 0) is 0 Å². The van der Waals surface area contributed by atoms with Crippen LogP contribution in [0.3, 0.4) is 0 Å². The minimum atomic E-state index is 0.491. The highest BCUT2D eigenvalue weighted by molar-refractivity contribution is 5.03. The van der Waals surface area contributed by atoms with E-state index in [-0.39, 0.29) is 0 Å². The number of H-pyrrole nitrogens is 1. The highest BCUT2D eigenvalue weighted by Gasteiger charge is 2.23. The fraction of sp³-hybridized carbons (Fsp3) is 0.800. The van der Waals surface area contributed by atoms with E-state index in [1.165, 1.54) is 19.3 Å². The molecule has 1 unspecified atom stereocenters. The van der Waals surface area contributed by atoms with Crippen LogP contribution in [0.2, 0.25) is 0 Å². The van der Waals surface area contributed by atoms with Gasteiger partial charge in [0.2, 0.25) is 0 Å². The molecular weight excluding hydrogens is 162 g/mol. The number of nitrogens with zero attached hydrogens (tertiary/aromatic N) is 2. The predicted molar refractivity (Wildman–Crippen MR) is 51.7 cm³/mol. The molecule has 2 rings (SSSR count). The average molecular weight is 179 g/mol. The Labute approximate surface area is 79.0 Å². The summed E-state index contributed by atoms with van der Waals surface area (Å²) in [5.41, 5.74) is 0. The van der Waals surface area contributed by atoms with Crippen molar-refractivity contribution in [1.82, 2.24) is 15.2 Å². The molecule has 1 heterocycles. The summed E-state index contributed by atoms with van der Waals surface area (Å²) in [6, 6.07) is 0. The topological polar surface area (TPSA) is 41.6 Å². The van der Waals surface area contributed by atoms with E-state index in [9.17, 15) is 0 Å².